The largest absolute Gasteiger partial charge is 0.497 e. The average molecular weight is 300 g/mol. The summed E-state index contributed by atoms with van der Waals surface area (Å²) in [6, 6.07) is 11.8. The first-order valence-electron chi connectivity index (χ1n) is 6.74. The van der Waals surface area contributed by atoms with Crippen LogP contribution in [0.2, 0.25) is 0 Å². The minimum Gasteiger partial charge on any atom is -0.497 e. The van der Waals surface area contributed by atoms with E-state index in [-0.39, 0.29) is 11.9 Å². The van der Waals surface area contributed by atoms with Gasteiger partial charge in [0.25, 0.3) is 0 Å². The van der Waals surface area contributed by atoms with E-state index >= 15 is 0 Å². The number of hydrogen-bond acceptors (Lipinski definition) is 4. The predicted molar refractivity (Wildman–Crippen MR) is 83.7 cm³/mol. The molecule has 0 spiro atoms. The monoisotopic (exact) mass is 300 g/mol. The molecule has 1 aliphatic heterocycles. The topological polar surface area (TPSA) is 41.9 Å². The maximum absolute atomic E-state index is 11.9. The number of carbonyl (C=O) groups is 1. The number of benzene rings is 1. The highest BCUT2D eigenvalue weighted by Crippen LogP contribution is 2.34. The first-order valence-corrected chi connectivity index (χ1v) is 7.62. The van der Waals surface area contributed by atoms with Gasteiger partial charge in [-0.15, -0.1) is 11.3 Å². The number of nitrogens with zero attached hydrogens (tertiary/aromatic N) is 2. The zero-order chi connectivity index (χ0) is 14.8. The second-order valence-electron chi connectivity index (χ2n) is 4.88. The van der Waals surface area contributed by atoms with Crippen LogP contribution in [0.4, 0.5) is 0 Å². The molecule has 0 aliphatic carbocycles. The van der Waals surface area contributed by atoms with E-state index in [0.717, 1.165) is 28.3 Å². The molecular weight excluding hydrogens is 284 g/mol. The van der Waals surface area contributed by atoms with Gasteiger partial charge in [-0.3, -0.25) is 4.79 Å². The summed E-state index contributed by atoms with van der Waals surface area (Å²) in [5, 5.41) is 8.11. The summed E-state index contributed by atoms with van der Waals surface area (Å²) in [4.78, 5) is 13.0. The van der Waals surface area contributed by atoms with Crippen LogP contribution in [0.1, 0.15) is 29.8 Å². The van der Waals surface area contributed by atoms with Gasteiger partial charge >= 0.3 is 0 Å². The van der Waals surface area contributed by atoms with Crippen LogP contribution >= 0.6 is 11.3 Å². The molecule has 1 atom stereocenters. The van der Waals surface area contributed by atoms with Crippen molar-refractivity contribution in [2.75, 3.05) is 7.11 Å². The SMILES string of the molecule is COc1cccc([C@@H]2CC(c3cccs3)=NN2C(C)=O)c1. The van der Waals surface area contributed by atoms with Gasteiger partial charge in [0.05, 0.1) is 23.7 Å². The quantitative estimate of drug-likeness (QED) is 0.871. The van der Waals surface area contributed by atoms with E-state index in [1.54, 1.807) is 30.4 Å². The Labute approximate surface area is 127 Å². The van der Waals surface area contributed by atoms with Gasteiger partial charge in [0.15, 0.2) is 0 Å². The Morgan fingerprint density at radius 2 is 2.24 bits per heavy atom. The Morgan fingerprint density at radius 1 is 1.38 bits per heavy atom. The fourth-order valence-corrected chi connectivity index (χ4v) is 3.22. The molecule has 21 heavy (non-hydrogen) atoms. The van der Waals surface area contributed by atoms with E-state index in [0.29, 0.717) is 0 Å². The van der Waals surface area contributed by atoms with Crippen LogP contribution in [0.15, 0.2) is 46.9 Å². The molecule has 0 bridgehead atoms. The molecule has 1 amide bonds. The van der Waals surface area contributed by atoms with Crippen molar-refractivity contribution < 1.29 is 9.53 Å². The van der Waals surface area contributed by atoms with Crippen molar-refractivity contribution in [1.29, 1.82) is 0 Å². The van der Waals surface area contributed by atoms with E-state index in [1.807, 2.05) is 41.8 Å². The van der Waals surface area contributed by atoms with Gasteiger partial charge in [0.1, 0.15) is 5.75 Å². The van der Waals surface area contributed by atoms with Crippen LogP contribution in [0.5, 0.6) is 5.75 Å². The molecule has 0 fully saturated rings. The van der Waals surface area contributed by atoms with Crippen LogP contribution in [-0.2, 0) is 4.79 Å². The smallest absolute Gasteiger partial charge is 0.240 e. The third kappa shape index (κ3) is 2.69. The fourth-order valence-electron chi connectivity index (χ4n) is 2.50. The Kier molecular flexibility index (Phi) is 3.75. The van der Waals surface area contributed by atoms with Gasteiger partial charge in [0, 0.05) is 13.3 Å². The molecular formula is C16H16N2O2S. The molecule has 1 aliphatic rings. The van der Waals surface area contributed by atoms with E-state index in [1.165, 1.54) is 0 Å². The number of thiophene rings is 1. The Hall–Kier alpha value is -2.14. The average Bonchev–Trinajstić information content (AvgIpc) is 3.16. The van der Waals surface area contributed by atoms with Crippen LogP contribution in [-0.4, -0.2) is 23.7 Å². The Morgan fingerprint density at radius 3 is 2.90 bits per heavy atom. The molecule has 5 heteroatoms. The molecule has 4 nitrogen and oxygen atoms in total. The third-order valence-electron chi connectivity index (χ3n) is 3.52. The molecule has 1 aromatic heterocycles. The lowest BCUT2D eigenvalue weighted by Crippen LogP contribution is -2.24. The highest BCUT2D eigenvalue weighted by atomic mass is 32.1. The van der Waals surface area contributed by atoms with E-state index in [4.69, 9.17) is 4.74 Å². The molecule has 108 valence electrons. The minimum absolute atomic E-state index is 0.0469. The van der Waals surface area contributed by atoms with Gasteiger partial charge in [0.2, 0.25) is 5.91 Å². The van der Waals surface area contributed by atoms with Crippen molar-refractivity contribution in [2.45, 2.75) is 19.4 Å². The summed E-state index contributed by atoms with van der Waals surface area (Å²) < 4.78 is 5.27. The van der Waals surface area contributed by atoms with Crippen LogP contribution in [0, 0.1) is 0 Å². The maximum Gasteiger partial charge on any atom is 0.240 e. The second-order valence-corrected chi connectivity index (χ2v) is 5.83. The fraction of sp³-hybridized carbons (Fsp3) is 0.250. The number of amides is 1. The van der Waals surface area contributed by atoms with E-state index < -0.39 is 0 Å². The van der Waals surface area contributed by atoms with E-state index in [2.05, 4.69) is 5.10 Å². The van der Waals surface area contributed by atoms with Crippen LogP contribution in [0.3, 0.4) is 0 Å². The lowest BCUT2D eigenvalue weighted by molar-refractivity contribution is -0.130. The summed E-state index contributed by atoms with van der Waals surface area (Å²) in [5.41, 5.74) is 2.01. The van der Waals surface area contributed by atoms with Gasteiger partial charge < -0.3 is 4.74 Å². The molecule has 0 radical (unpaired) electrons. The zero-order valence-electron chi connectivity index (χ0n) is 11.9. The molecule has 2 aromatic rings. The molecule has 0 saturated carbocycles. The highest BCUT2D eigenvalue weighted by molar-refractivity contribution is 7.12. The number of ether oxygens (including phenoxy) is 1. The van der Waals surface area contributed by atoms with E-state index in [9.17, 15) is 4.79 Å². The van der Waals surface area contributed by atoms with Crippen molar-refractivity contribution in [3.8, 4) is 5.75 Å². The van der Waals surface area contributed by atoms with Gasteiger partial charge in [-0.1, -0.05) is 18.2 Å². The second kappa shape index (κ2) is 5.69. The summed E-state index contributed by atoms with van der Waals surface area (Å²) in [6.45, 7) is 1.55. The first-order chi connectivity index (χ1) is 10.2. The van der Waals surface area contributed by atoms with Crippen molar-refractivity contribution in [2.24, 2.45) is 5.10 Å². The summed E-state index contributed by atoms with van der Waals surface area (Å²) >= 11 is 1.65. The predicted octanol–water partition coefficient (Wildman–Crippen LogP) is 3.45. The van der Waals surface area contributed by atoms with Gasteiger partial charge in [-0.05, 0) is 29.1 Å². The zero-order valence-corrected chi connectivity index (χ0v) is 12.8. The first kappa shape index (κ1) is 13.8. The lowest BCUT2D eigenvalue weighted by atomic mass is 10.0. The minimum atomic E-state index is -0.0605. The van der Waals surface area contributed by atoms with Crippen molar-refractivity contribution in [3.63, 3.8) is 0 Å². The Bertz CT molecular complexity index is 679. The molecule has 0 unspecified atom stereocenters. The number of carbonyl (C=O) groups excluding carboxylic acids is 1. The van der Waals surface area contributed by atoms with Crippen molar-refractivity contribution >= 4 is 23.0 Å². The van der Waals surface area contributed by atoms with Crippen molar-refractivity contribution in [3.05, 3.63) is 52.2 Å². The number of rotatable bonds is 3. The van der Waals surface area contributed by atoms with Gasteiger partial charge in [-0.25, -0.2) is 5.01 Å². The normalized spacial score (nSPS) is 17.7. The molecule has 3 rings (SSSR count). The highest BCUT2D eigenvalue weighted by Gasteiger charge is 2.31. The summed E-state index contributed by atoms with van der Waals surface area (Å²) in [7, 11) is 1.64. The van der Waals surface area contributed by atoms with Crippen molar-refractivity contribution in [1.82, 2.24) is 5.01 Å². The van der Waals surface area contributed by atoms with Gasteiger partial charge in [-0.2, -0.15) is 5.10 Å². The molecule has 0 saturated heterocycles. The number of hydrogen-bond donors (Lipinski definition) is 0. The molecule has 2 heterocycles. The maximum atomic E-state index is 11.9. The lowest BCUT2D eigenvalue weighted by Gasteiger charge is -2.20. The third-order valence-corrected chi connectivity index (χ3v) is 4.44. The number of hydrazone groups is 1. The van der Waals surface area contributed by atoms with Crippen LogP contribution < -0.4 is 4.74 Å². The molecule has 0 N–H and O–H groups in total. The summed E-state index contributed by atoms with van der Waals surface area (Å²) in [5.74, 6) is 0.745. The van der Waals surface area contributed by atoms with Crippen LogP contribution in [0.25, 0.3) is 0 Å². The Balaban J connectivity index is 1.93. The summed E-state index contributed by atoms with van der Waals surface area (Å²) in [6.07, 6.45) is 0.729. The standard InChI is InChI=1S/C16H16N2O2S/c1-11(19)18-15(12-5-3-6-13(9-12)20-2)10-14(17-18)16-7-4-8-21-16/h3-9,15H,10H2,1-2H3/t15-/m0/s1. The molecule has 1 aromatic carbocycles. The number of methoxy groups -OCH3 is 1.